The van der Waals surface area contributed by atoms with E-state index in [1.807, 2.05) is 0 Å². The summed E-state index contributed by atoms with van der Waals surface area (Å²) in [6.45, 7) is 4.38. The molecule has 6 aromatic rings. The molecule has 0 saturated heterocycles. The van der Waals surface area contributed by atoms with Gasteiger partial charge in [0.1, 0.15) is 9.52 Å². The molecule has 2 heteroatoms. The molecule has 38 heavy (non-hydrogen) atoms. The Kier molecular flexibility index (Phi) is 15.2. The van der Waals surface area contributed by atoms with Crippen molar-refractivity contribution >= 4 is 41.4 Å². The molecule has 6 rings (SSSR count). The zero-order valence-corrected chi connectivity index (χ0v) is 25.7. The summed E-state index contributed by atoms with van der Waals surface area (Å²) in [4.78, 5) is 0. The molecule has 0 nitrogen and oxygen atoms in total. The van der Waals surface area contributed by atoms with Crippen LogP contribution in [0.15, 0.2) is 133 Å². The predicted octanol–water partition coefficient (Wildman–Crippen LogP) is 8.48. The topological polar surface area (TPSA) is 0 Å². The van der Waals surface area contributed by atoms with Crippen molar-refractivity contribution in [3.05, 3.63) is 159 Å². The first-order valence-electron chi connectivity index (χ1n) is 12.4. The molecule has 190 valence electrons. The van der Waals surface area contributed by atoms with Crippen molar-refractivity contribution in [1.29, 1.82) is 0 Å². The van der Waals surface area contributed by atoms with E-state index in [-0.39, 0.29) is 36.6 Å². The second kappa shape index (κ2) is 17.5. The Labute approximate surface area is 248 Å². The summed E-state index contributed by atoms with van der Waals surface area (Å²) in [5.41, 5.74) is 2.87. The van der Waals surface area contributed by atoms with E-state index >= 15 is 0 Å². The number of hydrogen-bond acceptors (Lipinski definition) is 0. The molecule has 0 amide bonds. The summed E-state index contributed by atoms with van der Waals surface area (Å²) in [6.07, 6.45) is 2.27. The third-order valence-electron chi connectivity index (χ3n) is 6.01. The largest absolute Gasteiger partial charge is 4.00 e. The van der Waals surface area contributed by atoms with Gasteiger partial charge in [-0.05, 0) is 12.8 Å². The van der Waals surface area contributed by atoms with E-state index in [0.29, 0.717) is 0 Å². The van der Waals surface area contributed by atoms with E-state index in [4.69, 9.17) is 0 Å². The average molecular weight is 547 g/mol. The van der Waals surface area contributed by atoms with E-state index in [0.717, 1.165) is 22.4 Å². The Bertz CT molecular complexity index is 1250. The molecular weight excluding hydrogens is 508 g/mol. The molecule has 0 saturated carbocycles. The Balaban J connectivity index is 0.000000275. The molecule has 0 heterocycles. The van der Waals surface area contributed by atoms with Gasteiger partial charge in [0.05, 0.1) is 0 Å². The van der Waals surface area contributed by atoms with Crippen molar-refractivity contribution in [3.8, 4) is 0 Å². The predicted molar refractivity (Wildman–Crippen MR) is 169 cm³/mol. The summed E-state index contributed by atoms with van der Waals surface area (Å²) >= 11 is 0. The summed E-state index contributed by atoms with van der Waals surface area (Å²) in [5, 5.41) is 8.25. The SMILES string of the molecule is CCc1cc2ccccc2[cH-]1.CCc1cc2ccccc2[cH-]1.[CH3-].[CH3-].[Ti+4].c1ccc([Si]c2ccccc2)cc1. The minimum absolute atomic E-state index is 0. The maximum atomic E-state index is 2.26. The Morgan fingerprint density at radius 3 is 1.18 bits per heavy atom. The van der Waals surface area contributed by atoms with Crippen LogP contribution in [0.25, 0.3) is 21.5 Å². The fourth-order valence-electron chi connectivity index (χ4n) is 4.05. The van der Waals surface area contributed by atoms with Crippen LogP contribution in [-0.2, 0) is 34.6 Å². The number of rotatable bonds is 4. The summed E-state index contributed by atoms with van der Waals surface area (Å²) in [7, 11) is 0.777. The third-order valence-corrected chi connectivity index (χ3v) is 7.25. The van der Waals surface area contributed by atoms with E-state index in [2.05, 4.69) is 147 Å². The van der Waals surface area contributed by atoms with Gasteiger partial charge in [-0.25, -0.2) is 0 Å². The van der Waals surface area contributed by atoms with Crippen molar-refractivity contribution < 1.29 is 21.7 Å². The quantitative estimate of drug-likeness (QED) is 0.154. The van der Waals surface area contributed by atoms with Gasteiger partial charge in [-0.2, -0.15) is 12.1 Å². The zero-order chi connectivity index (χ0) is 24.3. The maximum Gasteiger partial charge on any atom is 4.00 e. The van der Waals surface area contributed by atoms with Gasteiger partial charge in [0.15, 0.2) is 0 Å². The molecule has 0 aliphatic carbocycles. The van der Waals surface area contributed by atoms with Crippen LogP contribution >= 0.6 is 0 Å². The smallest absolute Gasteiger partial charge is 0.358 e. The summed E-state index contributed by atoms with van der Waals surface area (Å²) < 4.78 is 0. The molecule has 0 N–H and O–H groups in total. The molecule has 0 aliphatic rings. The third kappa shape index (κ3) is 9.73. The van der Waals surface area contributed by atoms with Gasteiger partial charge in [-0.1, -0.05) is 97.0 Å². The van der Waals surface area contributed by atoms with Crippen LogP contribution in [0.5, 0.6) is 0 Å². The van der Waals surface area contributed by atoms with E-state index in [1.165, 1.54) is 43.0 Å². The minimum atomic E-state index is 0. The van der Waals surface area contributed by atoms with Crippen LogP contribution in [0.3, 0.4) is 0 Å². The van der Waals surface area contributed by atoms with Gasteiger partial charge in [-0.15, -0.1) is 81.2 Å². The average Bonchev–Trinajstić information content (AvgIpc) is 3.54. The van der Waals surface area contributed by atoms with Crippen LogP contribution < -0.4 is 10.4 Å². The first-order chi connectivity index (χ1) is 17.2. The van der Waals surface area contributed by atoms with Crippen LogP contribution in [0.4, 0.5) is 0 Å². The van der Waals surface area contributed by atoms with E-state index in [1.54, 1.807) is 0 Å². The second-order valence-corrected chi connectivity index (χ2v) is 9.95. The van der Waals surface area contributed by atoms with Crippen molar-refractivity contribution in [1.82, 2.24) is 0 Å². The first-order valence-corrected chi connectivity index (χ1v) is 13.4. The van der Waals surface area contributed by atoms with Gasteiger partial charge in [0.25, 0.3) is 0 Å². The van der Waals surface area contributed by atoms with Gasteiger partial charge >= 0.3 is 21.7 Å². The molecule has 0 aliphatic heterocycles. The number of hydrogen-bond donors (Lipinski definition) is 0. The summed E-state index contributed by atoms with van der Waals surface area (Å²) in [6, 6.07) is 47.2. The summed E-state index contributed by atoms with van der Waals surface area (Å²) in [5.74, 6) is 0. The molecule has 0 spiro atoms. The number of benzene rings is 4. The first kappa shape index (κ1) is 33.1. The molecule has 0 fully saturated rings. The molecule has 0 atom stereocenters. The molecule has 0 aromatic heterocycles. The molecular formula is C36H38SiTi. The minimum Gasteiger partial charge on any atom is -0.358 e. The standard InChI is InChI=1S/C12H10Si.2C11H11.2CH3.Ti/c1-3-7-11(8-4-1)13-12-9-5-2-6-10-12;2*1-2-9-7-10-5-3-4-6-11(10)8-9;;;/h1-10H;2*3-8H,2H2,1H3;2*1H3;/q;4*-1;+4. The number of fused-ring (bicyclic) bond motifs is 2. The fraction of sp³-hybridized carbons (Fsp3) is 0.111. The van der Waals surface area contributed by atoms with Crippen molar-refractivity contribution in [2.75, 3.05) is 0 Å². The molecule has 0 bridgehead atoms. The van der Waals surface area contributed by atoms with Crippen molar-refractivity contribution in [3.63, 3.8) is 0 Å². The molecule has 0 unspecified atom stereocenters. The van der Waals surface area contributed by atoms with Gasteiger partial charge in [-0.3, -0.25) is 0 Å². The van der Waals surface area contributed by atoms with E-state index in [9.17, 15) is 0 Å². The van der Waals surface area contributed by atoms with Crippen LogP contribution in [-0.4, -0.2) is 9.52 Å². The fourth-order valence-corrected chi connectivity index (χ4v) is 5.10. The van der Waals surface area contributed by atoms with Crippen LogP contribution in [0.2, 0.25) is 0 Å². The van der Waals surface area contributed by atoms with Crippen molar-refractivity contribution in [2.24, 2.45) is 0 Å². The van der Waals surface area contributed by atoms with Crippen LogP contribution in [0.1, 0.15) is 25.0 Å². The van der Waals surface area contributed by atoms with Crippen molar-refractivity contribution in [2.45, 2.75) is 26.7 Å². The number of aryl methyl sites for hydroxylation is 2. The monoisotopic (exact) mass is 546 g/mol. The Hall–Kier alpha value is -2.97. The van der Waals surface area contributed by atoms with Gasteiger partial charge < -0.3 is 14.9 Å². The molecule has 6 aromatic carbocycles. The Morgan fingerprint density at radius 2 is 0.842 bits per heavy atom. The van der Waals surface area contributed by atoms with Gasteiger partial charge in [0.2, 0.25) is 0 Å². The normalized spacial score (nSPS) is 9.53. The van der Waals surface area contributed by atoms with Gasteiger partial charge in [0, 0.05) is 0 Å². The second-order valence-electron chi connectivity index (χ2n) is 8.55. The Morgan fingerprint density at radius 1 is 0.500 bits per heavy atom. The maximum absolute atomic E-state index is 2.26. The zero-order valence-electron chi connectivity index (χ0n) is 23.1. The molecule has 2 radical (unpaired) electrons. The van der Waals surface area contributed by atoms with Crippen LogP contribution in [0, 0.1) is 14.9 Å². The van der Waals surface area contributed by atoms with E-state index < -0.39 is 0 Å².